The van der Waals surface area contributed by atoms with Crippen molar-refractivity contribution < 1.29 is 78.7 Å². The fraction of sp³-hybridized carbons (Fsp3) is 0.955. The van der Waals surface area contributed by atoms with E-state index in [0.29, 0.717) is 30.1 Å². The molecule has 0 aromatic carbocycles. The van der Waals surface area contributed by atoms with Crippen molar-refractivity contribution in [1.82, 2.24) is 0 Å². The van der Waals surface area contributed by atoms with E-state index in [1.165, 1.54) is 6.92 Å². The summed E-state index contributed by atoms with van der Waals surface area (Å²) >= 11 is 0. The second-order valence-corrected chi connectivity index (χ2v) is 20.7. The monoisotopic (exact) mass is 854 g/mol. The van der Waals surface area contributed by atoms with Gasteiger partial charge in [0.2, 0.25) is 0 Å². The Balaban J connectivity index is 1.01. The number of allylic oxidation sites excluding steroid dienone is 1. The summed E-state index contributed by atoms with van der Waals surface area (Å²) in [5, 5.41) is 86.8. The van der Waals surface area contributed by atoms with Crippen molar-refractivity contribution in [3.05, 3.63) is 11.6 Å². The highest BCUT2D eigenvalue weighted by Crippen LogP contribution is 2.71. The van der Waals surface area contributed by atoms with Gasteiger partial charge >= 0.3 is 0 Å². The van der Waals surface area contributed by atoms with Crippen molar-refractivity contribution in [2.45, 2.75) is 203 Å². The third-order valence-electron chi connectivity index (χ3n) is 17.3. The number of aliphatic hydroxyl groups is 8. The van der Waals surface area contributed by atoms with Crippen molar-refractivity contribution in [2.75, 3.05) is 13.2 Å². The van der Waals surface area contributed by atoms with Gasteiger partial charge in [0.15, 0.2) is 24.7 Å². The number of rotatable bonds is 6. The second-order valence-electron chi connectivity index (χ2n) is 20.7. The zero-order chi connectivity index (χ0) is 42.8. The van der Waals surface area contributed by atoms with E-state index in [4.69, 9.17) is 37.9 Å². The van der Waals surface area contributed by atoms with Crippen LogP contribution < -0.4 is 0 Å². The normalized spacial score (nSPS) is 59.2. The molecule has 9 rings (SSSR count). The number of ether oxygens (including phenoxy) is 8. The summed E-state index contributed by atoms with van der Waals surface area (Å²) in [6.07, 6.45) is -12.0. The van der Waals surface area contributed by atoms with E-state index in [1.807, 2.05) is 0 Å². The van der Waals surface area contributed by atoms with Gasteiger partial charge in [0, 0.05) is 24.2 Å². The predicted molar refractivity (Wildman–Crippen MR) is 208 cm³/mol. The third-order valence-corrected chi connectivity index (χ3v) is 17.3. The average Bonchev–Trinajstić information content (AvgIpc) is 3.66. The van der Waals surface area contributed by atoms with Gasteiger partial charge in [-0.3, -0.25) is 0 Å². The predicted octanol–water partition coefficient (Wildman–Crippen LogP) is 0.852. The average molecular weight is 855 g/mol. The maximum absolute atomic E-state index is 11.6. The van der Waals surface area contributed by atoms with Gasteiger partial charge < -0.3 is 78.7 Å². The molecule has 5 aliphatic heterocycles. The minimum Gasteiger partial charge on any atom is -0.393 e. The molecule has 9 aliphatic rings. The van der Waals surface area contributed by atoms with Crippen molar-refractivity contribution in [3.8, 4) is 0 Å². The van der Waals surface area contributed by atoms with Crippen molar-refractivity contribution >= 4 is 0 Å². The molecule has 60 heavy (non-hydrogen) atoms. The van der Waals surface area contributed by atoms with Crippen LogP contribution in [-0.4, -0.2) is 164 Å². The first-order valence-corrected chi connectivity index (χ1v) is 22.7. The van der Waals surface area contributed by atoms with Crippen LogP contribution in [0.15, 0.2) is 11.6 Å². The van der Waals surface area contributed by atoms with E-state index in [2.05, 4.69) is 33.8 Å². The molecule has 8 fully saturated rings. The molecule has 1 spiro atoms. The fourth-order valence-corrected chi connectivity index (χ4v) is 13.8. The molecule has 26 atom stereocenters. The van der Waals surface area contributed by atoms with Crippen molar-refractivity contribution in [1.29, 1.82) is 0 Å². The quantitative estimate of drug-likeness (QED) is 0.173. The Kier molecular flexibility index (Phi) is 12.0. The summed E-state index contributed by atoms with van der Waals surface area (Å²) in [6, 6.07) is 0. The highest BCUT2D eigenvalue weighted by atomic mass is 16.8. The Morgan fingerprint density at radius 3 is 2.12 bits per heavy atom. The Morgan fingerprint density at radius 1 is 0.683 bits per heavy atom. The van der Waals surface area contributed by atoms with Gasteiger partial charge in [0.05, 0.1) is 43.7 Å². The Morgan fingerprint density at radius 2 is 1.38 bits per heavy atom. The molecule has 342 valence electrons. The second kappa shape index (κ2) is 16.2. The number of fused-ring (bicyclic) bond motifs is 7. The summed E-state index contributed by atoms with van der Waals surface area (Å²) in [4.78, 5) is 0. The smallest absolute Gasteiger partial charge is 0.187 e. The summed E-state index contributed by atoms with van der Waals surface area (Å²) in [7, 11) is 0. The van der Waals surface area contributed by atoms with Gasteiger partial charge in [0.1, 0.15) is 54.9 Å². The maximum Gasteiger partial charge on any atom is 0.187 e. The van der Waals surface area contributed by atoms with Crippen LogP contribution in [0, 0.1) is 46.3 Å². The SMILES string of the molecule is C[C@@H]1CC[C@]2(OC1)O[C@@H]1CC3[C@@H]4CC=C5CC(O)C[C@@H](O[C@@H]6O[C@H](C)[C@H](O)[C@H](O[C@@H]7OC[C@@H](O)[C@H](O)[C@H]7O)[C@H]6O[C@@H]6O[C@@H](C)[C@H](O)[C@@H](O)[C@H]6O)[C@@]5(C)[C@H]4CC[C@@]3(C)C1[C@@H]2C. The Bertz CT molecular complexity index is 1580. The zero-order valence-electron chi connectivity index (χ0n) is 35.8. The van der Waals surface area contributed by atoms with Crippen molar-refractivity contribution in [3.63, 3.8) is 0 Å². The Hall–Kier alpha value is -0.900. The molecular formula is C44H70O16. The van der Waals surface area contributed by atoms with E-state index >= 15 is 0 Å². The summed E-state index contributed by atoms with van der Waals surface area (Å²) in [5.41, 5.74) is 0.681. The molecule has 0 amide bonds. The van der Waals surface area contributed by atoms with E-state index in [-0.39, 0.29) is 36.4 Å². The van der Waals surface area contributed by atoms with Gasteiger partial charge in [-0.25, -0.2) is 0 Å². The standard InChI is InChI=1S/C44H70O16/c1-18-9-12-44(54-16-18)19(2)30-28(60-44)15-26-24-8-7-22-13-23(45)14-29(43(22,6)25(24)10-11-42(26,30)5)57-41-38(59-40-36(52)34(50)31(47)20(3)55-40)37(32(48)21(4)56-41)58-39-35(51)33(49)27(46)17-53-39/h7,18-21,23-41,45-52H,8-17H2,1-6H3/t18-,19+,20+,21-,23?,24-,25+,26?,27-,28-,29-,30?,31+,32+,33+,34-,35-,36-,37+,38-,39+,40+,41+,42-,43-,44+/m1/s1. The lowest BCUT2D eigenvalue weighted by atomic mass is 9.46. The molecular weight excluding hydrogens is 784 g/mol. The minimum absolute atomic E-state index is 0.0699. The van der Waals surface area contributed by atoms with Crippen LogP contribution in [0.5, 0.6) is 0 Å². The van der Waals surface area contributed by atoms with Gasteiger partial charge in [-0.1, -0.05) is 39.3 Å². The van der Waals surface area contributed by atoms with E-state index in [1.54, 1.807) is 6.92 Å². The fourth-order valence-electron chi connectivity index (χ4n) is 13.8. The van der Waals surface area contributed by atoms with Gasteiger partial charge in [-0.05, 0) is 87.4 Å². The van der Waals surface area contributed by atoms with Crippen LogP contribution in [0.1, 0.15) is 92.9 Å². The summed E-state index contributed by atoms with van der Waals surface area (Å²) in [6.45, 7) is 12.8. The topological polar surface area (TPSA) is 236 Å². The molecule has 16 heteroatoms. The molecule has 0 aromatic rings. The molecule has 0 bridgehead atoms. The first-order chi connectivity index (χ1) is 28.4. The highest BCUT2D eigenvalue weighted by molar-refractivity contribution is 5.29. The van der Waals surface area contributed by atoms with E-state index < -0.39 is 109 Å². The molecule has 4 aliphatic carbocycles. The first kappa shape index (κ1) is 44.3. The maximum atomic E-state index is 11.6. The lowest BCUT2D eigenvalue weighted by Crippen LogP contribution is -2.66. The van der Waals surface area contributed by atoms with Crippen LogP contribution in [0.25, 0.3) is 0 Å². The largest absolute Gasteiger partial charge is 0.393 e. The molecule has 5 saturated heterocycles. The molecule has 16 nitrogen and oxygen atoms in total. The Labute approximate surface area is 352 Å². The van der Waals surface area contributed by atoms with Gasteiger partial charge in [-0.15, -0.1) is 0 Å². The van der Waals surface area contributed by atoms with Crippen LogP contribution in [0.3, 0.4) is 0 Å². The van der Waals surface area contributed by atoms with Crippen LogP contribution >= 0.6 is 0 Å². The zero-order valence-corrected chi connectivity index (χ0v) is 35.8. The molecule has 5 heterocycles. The van der Waals surface area contributed by atoms with Gasteiger partial charge in [-0.2, -0.15) is 0 Å². The van der Waals surface area contributed by atoms with Crippen molar-refractivity contribution in [2.24, 2.45) is 46.3 Å². The summed E-state index contributed by atoms with van der Waals surface area (Å²) in [5.74, 6) is 1.67. The lowest BCUT2D eigenvalue weighted by Gasteiger charge is -2.60. The summed E-state index contributed by atoms with van der Waals surface area (Å²) < 4.78 is 51.1. The number of hydrogen-bond acceptors (Lipinski definition) is 16. The van der Waals surface area contributed by atoms with Crippen LogP contribution in [0.2, 0.25) is 0 Å². The molecule has 0 radical (unpaired) electrons. The third kappa shape index (κ3) is 7.01. The molecule has 3 unspecified atom stereocenters. The van der Waals surface area contributed by atoms with E-state index in [0.717, 1.165) is 50.7 Å². The highest BCUT2D eigenvalue weighted by Gasteiger charge is 2.69. The van der Waals surface area contributed by atoms with Crippen LogP contribution in [-0.2, 0) is 37.9 Å². The molecule has 3 saturated carbocycles. The number of aliphatic hydroxyl groups excluding tert-OH is 8. The van der Waals surface area contributed by atoms with E-state index in [9.17, 15) is 40.9 Å². The lowest BCUT2D eigenvalue weighted by molar-refractivity contribution is -0.391. The first-order valence-electron chi connectivity index (χ1n) is 22.7. The number of hydrogen-bond donors (Lipinski definition) is 8. The van der Waals surface area contributed by atoms with Crippen LogP contribution in [0.4, 0.5) is 0 Å². The molecule has 8 N–H and O–H groups in total. The van der Waals surface area contributed by atoms with Gasteiger partial charge in [0.25, 0.3) is 0 Å². The molecule has 0 aromatic heterocycles. The minimum atomic E-state index is -1.72.